The summed E-state index contributed by atoms with van der Waals surface area (Å²) in [4.78, 5) is 0.918. The predicted molar refractivity (Wildman–Crippen MR) is 71.4 cm³/mol. The smallest absolute Gasteiger partial charge is 0.142 e. The molecule has 2 aromatic rings. The van der Waals surface area contributed by atoms with E-state index in [-0.39, 0.29) is 5.02 Å². The third-order valence-electron chi connectivity index (χ3n) is 2.60. The van der Waals surface area contributed by atoms with Crippen LogP contribution in [0.25, 0.3) is 0 Å². The van der Waals surface area contributed by atoms with Gasteiger partial charge in [0.05, 0.1) is 10.6 Å². The van der Waals surface area contributed by atoms with Crippen LogP contribution in [0.3, 0.4) is 0 Å². The summed E-state index contributed by atoms with van der Waals surface area (Å²) in [7, 11) is 0. The molecule has 5 heteroatoms. The molecule has 0 aliphatic carbocycles. The van der Waals surface area contributed by atoms with Crippen molar-refractivity contribution in [1.82, 2.24) is 0 Å². The van der Waals surface area contributed by atoms with Crippen LogP contribution in [0.5, 0.6) is 0 Å². The second-order valence-electron chi connectivity index (χ2n) is 3.93. The fraction of sp³-hybridized carbons (Fsp3) is 0.167. The largest absolute Gasteiger partial charge is 0.317 e. The van der Waals surface area contributed by atoms with E-state index in [4.69, 9.17) is 28.9 Å². The zero-order chi connectivity index (χ0) is 12.6. The van der Waals surface area contributed by atoms with Crippen molar-refractivity contribution in [1.29, 1.82) is 0 Å². The fourth-order valence-electron chi connectivity index (χ4n) is 1.63. The minimum Gasteiger partial charge on any atom is -0.317 e. The topological polar surface area (TPSA) is 26.0 Å². The lowest BCUT2D eigenvalue weighted by molar-refractivity contribution is 0.590. The Balaban J connectivity index is 2.57. The summed E-state index contributed by atoms with van der Waals surface area (Å²) in [6, 6.07) is 6.47. The lowest BCUT2D eigenvalue weighted by Crippen LogP contribution is -2.33. The number of benzene rings is 1. The van der Waals surface area contributed by atoms with E-state index in [9.17, 15) is 4.39 Å². The number of nitrogens with two attached hydrogens (primary N) is 1. The average Bonchev–Trinajstić information content (AvgIpc) is 2.77. The van der Waals surface area contributed by atoms with Gasteiger partial charge in [0.1, 0.15) is 5.82 Å². The first kappa shape index (κ1) is 12.8. The molecular formula is C12H10Cl2FNS. The van der Waals surface area contributed by atoms with Gasteiger partial charge in [0, 0.05) is 9.90 Å². The van der Waals surface area contributed by atoms with Crippen molar-refractivity contribution >= 4 is 34.5 Å². The minimum absolute atomic E-state index is 0.000676. The van der Waals surface area contributed by atoms with E-state index in [0.29, 0.717) is 10.6 Å². The summed E-state index contributed by atoms with van der Waals surface area (Å²) < 4.78 is 13.5. The molecule has 0 spiro atoms. The summed E-state index contributed by atoms with van der Waals surface area (Å²) in [5.74, 6) is -0.515. The molecule has 0 aliphatic rings. The van der Waals surface area contributed by atoms with E-state index < -0.39 is 11.4 Å². The molecule has 0 bridgehead atoms. The maximum atomic E-state index is 13.5. The minimum atomic E-state index is -0.823. The van der Waals surface area contributed by atoms with E-state index in [1.165, 1.54) is 23.5 Å². The molecule has 1 atom stereocenters. The molecule has 0 fully saturated rings. The van der Waals surface area contributed by atoms with Crippen LogP contribution in [0.4, 0.5) is 4.39 Å². The van der Waals surface area contributed by atoms with Gasteiger partial charge in [-0.1, -0.05) is 29.3 Å². The van der Waals surface area contributed by atoms with Crippen LogP contribution in [-0.2, 0) is 5.54 Å². The average molecular weight is 290 g/mol. The molecule has 1 heterocycles. The molecular weight excluding hydrogens is 280 g/mol. The highest BCUT2D eigenvalue weighted by Gasteiger charge is 2.28. The summed E-state index contributed by atoms with van der Waals surface area (Å²) in [6.45, 7) is 1.80. The van der Waals surface area contributed by atoms with Crippen molar-refractivity contribution in [2.45, 2.75) is 12.5 Å². The van der Waals surface area contributed by atoms with Crippen molar-refractivity contribution in [2.75, 3.05) is 0 Å². The van der Waals surface area contributed by atoms with Crippen molar-refractivity contribution in [2.24, 2.45) is 5.73 Å². The number of rotatable bonds is 2. The second-order valence-corrected chi connectivity index (χ2v) is 5.69. The number of halogens is 3. The highest BCUT2D eigenvalue weighted by Crippen LogP contribution is 2.36. The highest BCUT2D eigenvalue weighted by molar-refractivity contribution is 7.10. The Hall–Kier alpha value is -0.610. The Kier molecular flexibility index (Phi) is 3.46. The number of hydrogen-bond acceptors (Lipinski definition) is 2. The quantitative estimate of drug-likeness (QED) is 0.814. The van der Waals surface area contributed by atoms with E-state index in [1.807, 2.05) is 17.5 Å². The second kappa shape index (κ2) is 4.58. The van der Waals surface area contributed by atoms with Gasteiger partial charge >= 0.3 is 0 Å². The first-order valence-electron chi connectivity index (χ1n) is 4.91. The molecule has 2 rings (SSSR count). The van der Waals surface area contributed by atoms with E-state index in [0.717, 1.165) is 4.88 Å². The van der Waals surface area contributed by atoms with Crippen molar-refractivity contribution < 1.29 is 4.39 Å². The van der Waals surface area contributed by atoms with Gasteiger partial charge in [0.15, 0.2) is 0 Å². The summed E-state index contributed by atoms with van der Waals surface area (Å²) in [5, 5.41) is 2.29. The molecule has 1 nitrogen and oxygen atoms in total. The van der Waals surface area contributed by atoms with E-state index in [2.05, 4.69) is 0 Å². The Morgan fingerprint density at radius 1 is 1.29 bits per heavy atom. The fourth-order valence-corrected chi connectivity index (χ4v) is 3.02. The standard InChI is InChI=1S/C12H10Cl2FNS/c1-12(16,11-3-2-4-17-11)7-5-10(15)9(14)6-8(7)13/h2-6H,16H2,1H3. The zero-order valence-corrected chi connectivity index (χ0v) is 11.3. The molecule has 1 unspecified atom stereocenters. The molecule has 0 radical (unpaired) electrons. The SMILES string of the molecule is CC(N)(c1cccs1)c1cc(F)c(Cl)cc1Cl. The lowest BCUT2D eigenvalue weighted by Gasteiger charge is -2.25. The van der Waals surface area contributed by atoms with Gasteiger partial charge in [0.25, 0.3) is 0 Å². The van der Waals surface area contributed by atoms with E-state index in [1.54, 1.807) is 6.92 Å². The number of hydrogen-bond donors (Lipinski definition) is 1. The van der Waals surface area contributed by atoms with Gasteiger partial charge in [-0.15, -0.1) is 11.3 Å². The monoisotopic (exact) mass is 289 g/mol. The van der Waals surface area contributed by atoms with Gasteiger partial charge < -0.3 is 5.73 Å². The maximum Gasteiger partial charge on any atom is 0.142 e. The third kappa shape index (κ3) is 2.33. The Morgan fingerprint density at radius 3 is 2.59 bits per heavy atom. The molecule has 2 N–H and O–H groups in total. The predicted octanol–water partition coefficient (Wildman–Crippen LogP) is 4.42. The first-order valence-corrected chi connectivity index (χ1v) is 6.54. The van der Waals surface area contributed by atoms with Crippen LogP contribution >= 0.6 is 34.5 Å². The summed E-state index contributed by atoms with van der Waals surface area (Å²) in [5.41, 5.74) is 5.95. The van der Waals surface area contributed by atoms with Gasteiger partial charge in [0.2, 0.25) is 0 Å². The first-order chi connectivity index (χ1) is 7.93. The zero-order valence-electron chi connectivity index (χ0n) is 9.01. The van der Waals surface area contributed by atoms with Crippen LogP contribution in [0.1, 0.15) is 17.4 Å². The van der Waals surface area contributed by atoms with Gasteiger partial charge in [-0.2, -0.15) is 0 Å². The van der Waals surface area contributed by atoms with Crippen molar-refractivity contribution in [3.05, 3.63) is 55.9 Å². The lowest BCUT2D eigenvalue weighted by atomic mass is 9.91. The normalized spacial score (nSPS) is 14.6. The molecule has 0 saturated carbocycles. The molecule has 0 amide bonds. The van der Waals surface area contributed by atoms with Crippen LogP contribution in [0.15, 0.2) is 29.6 Å². The van der Waals surface area contributed by atoms with Crippen LogP contribution < -0.4 is 5.73 Å². The Labute approximate surface area is 113 Å². The third-order valence-corrected chi connectivity index (χ3v) is 4.31. The van der Waals surface area contributed by atoms with E-state index >= 15 is 0 Å². The Bertz CT molecular complexity index is 538. The molecule has 0 saturated heterocycles. The molecule has 1 aromatic carbocycles. The van der Waals surface area contributed by atoms with Gasteiger partial charge in [-0.3, -0.25) is 0 Å². The van der Waals surface area contributed by atoms with Crippen molar-refractivity contribution in [3.8, 4) is 0 Å². The number of thiophene rings is 1. The maximum absolute atomic E-state index is 13.5. The summed E-state index contributed by atoms with van der Waals surface area (Å²) in [6.07, 6.45) is 0. The van der Waals surface area contributed by atoms with Gasteiger partial charge in [-0.05, 0) is 36.1 Å². The van der Waals surface area contributed by atoms with Crippen LogP contribution in [-0.4, -0.2) is 0 Å². The molecule has 17 heavy (non-hydrogen) atoms. The van der Waals surface area contributed by atoms with Crippen molar-refractivity contribution in [3.63, 3.8) is 0 Å². The highest BCUT2D eigenvalue weighted by atomic mass is 35.5. The summed E-state index contributed by atoms with van der Waals surface area (Å²) >= 11 is 13.2. The molecule has 0 aliphatic heterocycles. The molecule has 90 valence electrons. The van der Waals surface area contributed by atoms with Crippen LogP contribution in [0.2, 0.25) is 10.0 Å². The molecule has 1 aromatic heterocycles. The van der Waals surface area contributed by atoms with Gasteiger partial charge in [-0.25, -0.2) is 4.39 Å². The Morgan fingerprint density at radius 2 is 2.00 bits per heavy atom. The van der Waals surface area contributed by atoms with Crippen LogP contribution in [0, 0.1) is 5.82 Å².